The molecule has 0 aliphatic carbocycles. The topological polar surface area (TPSA) is 93.4 Å². The monoisotopic (exact) mass is 509 g/mol. The van der Waals surface area contributed by atoms with E-state index in [4.69, 9.17) is 23.9 Å². The molecule has 8 nitrogen and oxygen atoms in total. The van der Waals surface area contributed by atoms with Gasteiger partial charge in [-0.1, -0.05) is 18.2 Å². The highest BCUT2D eigenvalue weighted by Crippen LogP contribution is 2.34. The molecule has 36 heavy (non-hydrogen) atoms. The molecular formula is C27H31N3O5S. The lowest BCUT2D eigenvalue weighted by atomic mass is 9.95. The largest absolute Gasteiger partial charge is 0.493 e. The second-order valence-corrected chi connectivity index (χ2v) is 9.67. The van der Waals surface area contributed by atoms with E-state index in [0.717, 1.165) is 36.3 Å². The summed E-state index contributed by atoms with van der Waals surface area (Å²) in [5.41, 5.74) is 3.23. The summed E-state index contributed by atoms with van der Waals surface area (Å²) in [4.78, 5) is 19.8. The van der Waals surface area contributed by atoms with Crippen molar-refractivity contribution in [2.24, 2.45) is 4.99 Å². The molecule has 1 saturated heterocycles. The summed E-state index contributed by atoms with van der Waals surface area (Å²) < 4.78 is 22.3. The fraction of sp³-hybridized carbons (Fsp3) is 0.444. The minimum absolute atomic E-state index is 0.361. The number of carbonyl (C=O) groups excluding carboxylic acids is 1. The fourth-order valence-electron chi connectivity index (χ4n) is 4.34. The number of aliphatic imine (C=N–C) groups is 1. The zero-order valence-corrected chi connectivity index (χ0v) is 21.5. The molecule has 190 valence electrons. The summed E-state index contributed by atoms with van der Waals surface area (Å²) in [6, 6.07) is 15.3. The maximum atomic E-state index is 12.8. The summed E-state index contributed by atoms with van der Waals surface area (Å²) in [5, 5.41) is 9.57. The van der Waals surface area contributed by atoms with Crippen LogP contribution in [0.2, 0.25) is 0 Å². The average molecular weight is 510 g/mol. The zero-order valence-electron chi connectivity index (χ0n) is 20.6. The van der Waals surface area contributed by atoms with Crippen LogP contribution in [0.25, 0.3) is 0 Å². The van der Waals surface area contributed by atoms with Crippen molar-refractivity contribution in [1.82, 2.24) is 4.90 Å². The second-order valence-electron chi connectivity index (χ2n) is 8.53. The Morgan fingerprint density at radius 3 is 2.58 bits per heavy atom. The van der Waals surface area contributed by atoms with Crippen molar-refractivity contribution in [3.63, 3.8) is 0 Å². The van der Waals surface area contributed by atoms with Gasteiger partial charge in [0.15, 0.2) is 11.5 Å². The second kappa shape index (κ2) is 12.8. The molecule has 0 N–H and O–H groups in total. The third-order valence-corrected chi connectivity index (χ3v) is 7.44. The van der Waals surface area contributed by atoms with Gasteiger partial charge in [0.2, 0.25) is 0 Å². The molecule has 0 bridgehead atoms. The summed E-state index contributed by atoms with van der Waals surface area (Å²) >= 11 is 1.45. The van der Waals surface area contributed by atoms with Crippen molar-refractivity contribution in [3.05, 3.63) is 59.2 Å². The lowest BCUT2D eigenvalue weighted by Crippen LogP contribution is -2.43. The number of hydrogen-bond donors (Lipinski definition) is 0. The third kappa shape index (κ3) is 6.38. The highest BCUT2D eigenvalue weighted by Gasteiger charge is 2.28. The van der Waals surface area contributed by atoms with Crippen LogP contribution in [0.15, 0.2) is 47.5 Å². The lowest BCUT2D eigenvalue weighted by Gasteiger charge is -2.30. The fourth-order valence-corrected chi connectivity index (χ4v) is 5.36. The van der Waals surface area contributed by atoms with Crippen LogP contribution in [0.4, 0.5) is 0 Å². The van der Waals surface area contributed by atoms with Gasteiger partial charge in [-0.2, -0.15) is 5.26 Å². The molecule has 2 unspecified atom stereocenters. The van der Waals surface area contributed by atoms with E-state index in [1.165, 1.54) is 11.8 Å². The highest BCUT2D eigenvalue weighted by molar-refractivity contribution is 8.00. The normalized spacial score (nSPS) is 17.2. The van der Waals surface area contributed by atoms with Crippen molar-refractivity contribution in [3.8, 4) is 17.6 Å². The molecule has 2 aromatic rings. The van der Waals surface area contributed by atoms with Crippen molar-refractivity contribution in [2.45, 2.75) is 17.8 Å². The number of morpholine rings is 1. The Hall–Kier alpha value is -3.06. The van der Waals surface area contributed by atoms with E-state index in [-0.39, 0.29) is 12.1 Å². The van der Waals surface area contributed by atoms with Crippen molar-refractivity contribution >= 4 is 23.4 Å². The van der Waals surface area contributed by atoms with Gasteiger partial charge in [0.05, 0.1) is 44.8 Å². The molecule has 0 amide bonds. The van der Waals surface area contributed by atoms with Gasteiger partial charge in [0.25, 0.3) is 0 Å². The Morgan fingerprint density at radius 1 is 1.17 bits per heavy atom. The van der Waals surface area contributed by atoms with E-state index in [2.05, 4.69) is 11.0 Å². The van der Waals surface area contributed by atoms with Crippen LogP contribution >= 0.6 is 11.8 Å². The van der Waals surface area contributed by atoms with Crippen LogP contribution in [-0.2, 0) is 15.9 Å². The molecule has 0 radical (unpaired) electrons. The smallest absolute Gasteiger partial charge is 0.338 e. The number of methoxy groups -OCH3 is 2. The summed E-state index contributed by atoms with van der Waals surface area (Å²) in [6.45, 7) is 4.08. The molecule has 0 spiro atoms. The van der Waals surface area contributed by atoms with Gasteiger partial charge in [0, 0.05) is 37.5 Å². The number of esters is 1. The molecule has 0 saturated carbocycles. The molecule has 9 heteroatoms. The SMILES string of the molecule is COc1cc2c(cc1OC)C(C(C#N)SCC(CN1CCOCC1)OC(=O)c1ccccc1)=NCC2. The van der Waals surface area contributed by atoms with Gasteiger partial charge in [-0.15, -0.1) is 11.8 Å². The predicted molar refractivity (Wildman–Crippen MR) is 139 cm³/mol. The van der Waals surface area contributed by atoms with Crippen LogP contribution < -0.4 is 9.47 Å². The quantitative estimate of drug-likeness (QED) is 0.451. The molecule has 2 aromatic carbocycles. The number of ether oxygens (including phenoxy) is 4. The lowest BCUT2D eigenvalue weighted by molar-refractivity contribution is 0.00148. The molecule has 2 heterocycles. The van der Waals surface area contributed by atoms with E-state index in [1.54, 1.807) is 26.4 Å². The molecule has 0 aromatic heterocycles. The molecule has 2 aliphatic rings. The maximum absolute atomic E-state index is 12.8. The van der Waals surface area contributed by atoms with Gasteiger partial charge < -0.3 is 18.9 Å². The van der Waals surface area contributed by atoms with Gasteiger partial charge in [0.1, 0.15) is 11.4 Å². The standard InChI is InChI=1S/C27H31N3O5S/c1-32-23-14-20-8-9-29-26(22(20)15-24(23)33-2)25(16-28)36-18-21(17-30-10-12-34-13-11-30)35-27(31)19-6-4-3-5-7-19/h3-7,14-15,21,25H,8-13,17-18H2,1-2H3. The van der Waals surface area contributed by atoms with E-state index in [1.807, 2.05) is 30.3 Å². The Labute approximate surface area is 216 Å². The number of rotatable bonds is 10. The van der Waals surface area contributed by atoms with E-state index in [0.29, 0.717) is 49.1 Å². The highest BCUT2D eigenvalue weighted by atomic mass is 32.2. The summed E-state index contributed by atoms with van der Waals surface area (Å²) in [6.07, 6.45) is 0.391. The number of benzene rings is 2. The first-order chi connectivity index (χ1) is 17.6. The van der Waals surface area contributed by atoms with Crippen molar-refractivity contribution in [2.75, 3.05) is 59.4 Å². The van der Waals surface area contributed by atoms with Gasteiger partial charge in [-0.05, 0) is 36.2 Å². The van der Waals surface area contributed by atoms with E-state index in [9.17, 15) is 10.1 Å². The Balaban J connectivity index is 1.50. The molecule has 2 atom stereocenters. The van der Waals surface area contributed by atoms with Gasteiger partial charge in [-0.3, -0.25) is 9.89 Å². The van der Waals surface area contributed by atoms with Crippen LogP contribution in [0.1, 0.15) is 21.5 Å². The minimum Gasteiger partial charge on any atom is -0.493 e. The van der Waals surface area contributed by atoms with E-state index < -0.39 is 5.25 Å². The molecular weight excluding hydrogens is 478 g/mol. The number of nitrogens with zero attached hydrogens (tertiary/aromatic N) is 3. The Morgan fingerprint density at radius 2 is 1.89 bits per heavy atom. The van der Waals surface area contributed by atoms with Crippen molar-refractivity contribution in [1.29, 1.82) is 5.26 Å². The Bertz CT molecular complexity index is 1110. The van der Waals surface area contributed by atoms with Crippen LogP contribution in [0.3, 0.4) is 0 Å². The molecule has 2 aliphatic heterocycles. The number of thioether (sulfide) groups is 1. The Kier molecular flexibility index (Phi) is 9.23. The number of nitriles is 1. The molecule has 4 rings (SSSR count). The molecule has 1 fully saturated rings. The first-order valence-corrected chi connectivity index (χ1v) is 13.0. The first-order valence-electron chi connectivity index (χ1n) is 12.0. The first kappa shape index (κ1) is 26.0. The summed E-state index contributed by atoms with van der Waals surface area (Å²) in [5.74, 6) is 1.38. The minimum atomic E-state index is -0.509. The zero-order chi connectivity index (χ0) is 25.3. The van der Waals surface area contributed by atoms with Crippen LogP contribution in [0.5, 0.6) is 11.5 Å². The third-order valence-electron chi connectivity index (χ3n) is 6.21. The predicted octanol–water partition coefficient (Wildman–Crippen LogP) is 3.23. The van der Waals surface area contributed by atoms with Crippen molar-refractivity contribution < 1.29 is 23.7 Å². The average Bonchev–Trinajstić information content (AvgIpc) is 2.93. The summed E-state index contributed by atoms with van der Waals surface area (Å²) in [7, 11) is 3.21. The van der Waals surface area contributed by atoms with E-state index >= 15 is 0 Å². The van der Waals surface area contributed by atoms with Gasteiger partial charge >= 0.3 is 5.97 Å². The number of carbonyl (C=O) groups is 1. The van der Waals surface area contributed by atoms with Crippen LogP contribution in [0, 0.1) is 11.3 Å². The maximum Gasteiger partial charge on any atom is 0.338 e. The number of hydrogen-bond acceptors (Lipinski definition) is 9. The van der Waals surface area contributed by atoms with Gasteiger partial charge in [-0.25, -0.2) is 4.79 Å². The van der Waals surface area contributed by atoms with Crippen LogP contribution in [-0.4, -0.2) is 87.3 Å². The number of fused-ring (bicyclic) bond motifs is 1.